The zero-order valence-electron chi connectivity index (χ0n) is 55.9. The van der Waals surface area contributed by atoms with Gasteiger partial charge in [-0.3, -0.25) is 9.59 Å². The molecule has 0 fully saturated rings. The lowest BCUT2D eigenvalue weighted by Crippen LogP contribution is -2.44. The van der Waals surface area contributed by atoms with Crippen molar-refractivity contribution in [1.82, 2.24) is 0 Å². The predicted molar refractivity (Wildman–Crippen MR) is 348 cm³/mol. The maximum Gasteiger partial charge on any atom is 0.306 e. The molecule has 0 radical (unpaired) electrons. The fourth-order valence-electron chi connectivity index (χ4n) is 11.5. The number of nitrogens with zero attached hydrogens (tertiary/aromatic N) is 1. The summed E-state index contributed by atoms with van der Waals surface area (Å²) in [6.07, 6.45) is 75.0. The van der Waals surface area contributed by atoms with Crippen LogP contribution in [0.1, 0.15) is 393 Å². The van der Waals surface area contributed by atoms with Crippen molar-refractivity contribution in [3.63, 3.8) is 0 Å². The van der Waals surface area contributed by atoms with Crippen LogP contribution >= 0.6 is 0 Å². The van der Waals surface area contributed by atoms with E-state index in [1.165, 1.54) is 327 Å². The third kappa shape index (κ3) is 65.8. The summed E-state index contributed by atoms with van der Waals surface area (Å²) in [5.74, 6) is -2.24. The van der Waals surface area contributed by atoms with Crippen LogP contribution in [0, 0.1) is 0 Å². The van der Waals surface area contributed by atoms with E-state index in [0.717, 1.165) is 38.5 Å². The van der Waals surface area contributed by atoms with Crippen LogP contribution in [-0.2, 0) is 33.3 Å². The lowest BCUT2D eigenvalue weighted by atomic mass is 10.0. The summed E-state index contributed by atoms with van der Waals surface area (Å²) in [4.78, 5) is 37.4. The molecule has 0 aromatic carbocycles. The van der Waals surface area contributed by atoms with E-state index in [0.29, 0.717) is 17.4 Å². The SMILES string of the molecule is CCCCCCCCCCCCCCCCCCCCCCCCCCCCCCCCCCCCCCCCC(=O)OC(COC(=O)CCCCCCCCCCCCCCCCCCCCC)COC(OCC[N+](C)(C)C)C(=O)[O-]. The zero-order chi connectivity index (χ0) is 59.8. The predicted octanol–water partition coefficient (Wildman–Crippen LogP) is 21.3. The lowest BCUT2D eigenvalue weighted by Gasteiger charge is -2.26. The van der Waals surface area contributed by atoms with Gasteiger partial charge in [0.1, 0.15) is 13.2 Å². The highest BCUT2D eigenvalue weighted by Gasteiger charge is 2.22. The van der Waals surface area contributed by atoms with Crippen molar-refractivity contribution in [3.05, 3.63) is 0 Å². The first-order valence-electron chi connectivity index (χ1n) is 36.7. The average Bonchev–Trinajstić information content (AvgIpc) is 3.47. The van der Waals surface area contributed by atoms with Gasteiger partial charge in [-0.1, -0.05) is 367 Å². The van der Waals surface area contributed by atoms with Crippen molar-refractivity contribution in [2.75, 3.05) is 47.5 Å². The second kappa shape index (κ2) is 65.3. The maximum atomic E-state index is 12.9. The van der Waals surface area contributed by atoms with Gasteiger partial charge in [0, 0.05) is 12.8 Å². The second-order valence-electron chi connectivity index (χ2n) is 26.6. The highest BCUT2D eigenvalue weighted by Crippen LogP contribution is 2.20. The molecule has 0 aromatic heterocycles. The van der Waals surface area contributed by atoms with Gasteiger partial charge in [0.05, 0.1) is 40.3 Å². The maximum absolute atomic E-state index is 12.9. The van der Waals surface area contributed by atoms with Crippen LogP contribution < -0.4 is 5.11 Å². The first-order valence-corrected chi connectivity index (χ1v) is 36.7. The number of aliphatic carboxylic acids is 1. The van der Waals surface area contributed by atoms with Crippen LogP contribution in [0.3, 0.4) is 0 Å². The van der Waals surface area contributed by atoms with Crippen molar-refractivity contribution < 1.29 is 42.9 Å². The molecule has 2 atom stereocenters. The van der Waals surface area contributed by atoms with Gasteiger partial charge >= 0.3 is 11.9 Å². The van der Waals surface area contributed by atoms with E-state index in [1.807, 2.05) is 21.1 Å². The fraction of sp³-hybridized carbons (Fsp3) is 0.959. The molecular weight excluding hydrogens is 1020 g/mol. The molecule has 82 heavy (non-hydrogen) atoms. The molecule has 0 saturated carbocycles. The Morgan fingerprint density at radius 3 is 0.780 bits per heavy atom. The molecule has 0 rings (SSSR count). The minimum Gasteiger partial charge on any atom is -0.545 e. The van der Waals surface area contributed by atoms with Crippen LogP contribution in [0.5, 0.6) is 0 Å². The molecular formula is C73H143NO8. The van der Waals surface area contributed by atoms with Crippen molar-refractivity contribution >= 4 is 17.9 Å². The molecule has 0 bridgehead atoms. The van der Waals surface area contributed by atoms with Gasteiger partial charge in [-0.15, -0.1) is 0 Å². The summed E-state index contributed by atoms with van der Waals surface area (Å²) in [5.41, 5.74) is 0. The Bertz CT molecular complexity index is 1300. The number of rotatable bonds is 70. The number of carboxylic acid groups (broad SMARTS) is 1. The van der Waals surface area contributed by atoms with Crippen LogP contribution in [0.4, 0.5) is 0 Å². The van der Waals surface area contributed by atoms with Crippen molar-refractivity contribution in [2.45, 2.75) is 405 Å². The summed E-state index contributed by atoms with van der Waals surface area (Å²) < 4.78 is 22.8. The Labute approximate surface area is 511 Å². The Morgan fingerprint density at radius 1 is 0.317 bits per heavy atom. The van der Waals surface area contributed by atoms with E-state index >= 15 is 0 Å². The lowest BCUT2D eigenvalue weighted by molar-refractivity contribution is -0.870. The minimum atomic E-state index is -1.62. The third-order valence-electron chi connectivity index (χ3n) is 17.1. The second-order valence-corrected chi connectivity index (χ2v) is 26.6. The van der Waals surface area contributed by atoms with E-state index in [2.05, 4.69) is 13.8 Å². The molecule has 0 N–H and O–H groups in total. The first-order chi connectivity index (χ1) is 40.1. The molecule has 0 amide bonds. The van der Waals surface area contributed by atoms with Crippen LogP contribution in [0.25, 0.3) is 0 Å². The molecule has 9 nitrogen and oxygen atoms in total. The largest absolute Gasteiger partial charge is 0.545 e. The molecule has 9 heteroatoms. The molecule has 0 heterocycles. The van der Waals surface area contributed by atoms with Gasteiger partial charge < -0.3 is 33.3 Å². The summed E-state index contributed by atoms with van der Waals surface area (Å²) in [5, 5.41) is 11.8. The number of esters is 2. The van der Waals surface area contributed by atoms with E-state index in [-0.39, 0.29) is 32.2 Å². The average molecular weight is 1160 g/mol. The van der Waals surface area contributed by atoms with Gasteiger partial charge in [0.15, 0.2) is 12.4 Å². The summed E-state index contributed by atoms with van der Waals surface area (Å²) in [6.45, 7) is 4.84. The number of quaternary nitrogens is 1. The van der Waals surface area contributed by atoms with Gasteiger partial charge in [-0.25, -0.2) is 0 Å². The summed E-state index contributed by atoms with van der Waals surface area (Å²) in [7, 11) is 5.95. The Kier molecular flexibility index (Phi) is 63.9. The number of carbonyl (C=O) groups excluding carboxylic acids is 3. The molecule has 488 valence electrons. The number of unbranched alkanes of at least 4 members (excludes halogenated alkanes) is 55. The smallest absolute Gasteiger partial charge is 0.306 e. The molecule has 0 aliphatic carbocycles. The zero-order valence-corrected chi connectivity index (χ0v) is 55.9. The monoisotopic (exact) mass is 1160 g/mol. The molecule has 0 aliphatic rings. The molecule has 0 saturated heterocycles. The Balaban J connectivity index is 3.92. The van der Waals surface area contributed by atoms with Gasteiger partial charge in [0.25, 0.3) is 0 Å². The van der Waals surface area contributed by atoms with Gasteiger partial charge in [-0.05, 0) is 12.8 Å². The van der Waals surface area contributed by atoms with Gasteiger partial charge in [-0.2, -0.15) is 0 Å². The molecule has 0 aliphatic heterocycles. The molecule has 2 unspecified atom stereocenters. The molecule has 0 aromatic rings. The third-order valence-corrected chi connectivity index (χ3v) is 17.1. The topological polar surface area (TPSA) is 111 Å². The van der Waals surface area contributed by atoms with E-state index in [9.17, 15) is 19.5 Å². The van der Waals surface area contributed by atoms with E-state index in [1.54, 1.807) is 0 Å². The van der Waals surface area contributed by atoms with Gasteiger partial charge in [0.2, 0.25) is 0 Å². The number of ether oxygens (including phenoxy) is 4. The fourth-order valence-corrected chi connectivity index (χ4v) is 11.5. The number of carboxylic acids is 1. The molecule has 0 spiro atoms. The normalized spacial score (nSPS) is 12.5. The quantitative estimate of drug-likeness (QED) is 0.0256. The van der Waals surface area contributed by atoms with E-state index in [4.69, 9.17) is 18.9 Å². The van der Waals surface area contributed by atoms with Crippen LogP contribution in [0.15, 0.2) is 0 Å². The number of carbonyl (C=O) groups is 3. The minimum absolute atomic E-state index is 0.154. The number of hydrogen-bond acceptors (Lipinski definition) is 8. The van der Waals surface area contributed by atoms with Crippen molar-refractivity contribution in [3.8, 4) is 0 Å². The van der Waals surface area contributed by atoms with E-state index < -0.39 is 24.3 Å². The number of hydrogen-bond donors (Lipinski definition) is 0. The Hall–Kier alpha value is -1.71. The summed E-state index contributed by atoms with van der Waals surface area (Å²) in [6, 6.07) is 0. The standard InChI is InChI=1S/C73H143NO8/c1-6-8-10-12-14-16-18-20-22-24-26-27-28-29-30-31-32-33-34-35-36-37-38-39-40-41-42-43-44-46-48-50-52-54-56-58-60-62-64-71(76)82-69(68-81-73(72(77)78)79-66-65-74(3,4)5)67-80-70(75)63-61-59-57-55-53-51-49-47-45-25-23-21-19-17-15-13-11-9-7-2/h69,73H,6-68H2,1-5H3. The summed E-state index contributed by atoms with van der Waals surface area (Å²) >= 11 is 0. The number of likely N-dealkylation sites (N-methyl/N-ethyl adjacent to an activating group) is 1. The highest BCUT2D eigenvalue weighted by atomic mass is 16.7. The van der Waals surface area contributed by atoms with Crippen molar-refractivity contribution in [1.29, 1.82) is 0 Å². The Morgan fingerprint density at radius 2 is 0.549 bits per heavy atom. The highest BCUT2D eigenvalue weighted by molar-refractivity contribution is 5.70. The van der Waals surface area contributed by atoms with Crippen LogP contribution in [0.2, 0.25) is 0 Å². The first kappa shape index (κ1) is 80.3. The van der Waals surface area contributed by atoms with Crippen LogP contribution in [-0.4, -0.2) is 82.3 Å². The van der Waals surface area contributed by atoms with Crippen molar-refractivity contribution in [2.24, 2.45) is 0 Å².